The highest BCUT2D eigenvalue weighted by Crippen LogP contribution is 2.19. The van der Waals surface area contributed by atoms with Crippen LogP contribution in [0.2, 0.25) is 0 Å². The van der Waals surface area contributed by atoms with Crippen molar-refractivity contribution in [2.75, 3.05) is 25.0 Å². The second-order valence-electron chi connectivity index (χ2n) is 4.02. The molecule has 0 saturated carbocycles. The maximum atomic E-state index is 13.4. The molecule has 1 aromatic carbocycles. The summed E-state index contributed by atoms with van der Waals surface area (Å²) in [5.41, 5.74) is -0.633. The molecule has 0 radical (unpaired) electrons. The summed E-state index contributed by atoms with van der Waals surface area (Å²) in [4.78, 5) is 22.8. The molecule has 7 heteroatoms. The van der Waals surface area contributed by atoms with Crippen LogP contribution in [-0.2, 0) is 9.53 Å². The van der Waals surface area contributed by atoms with Gasteiger partial charge in [-0.15, -0.1) is 0 Å². The first-order chi connectivity index (χ1) is 9.09. The van der Waals surface area contributed by atoms with Gasteiger partial charge in [-0.25, -0.2) is 9.18 Å². The van der Waals surface area contributed by atoms with Crippen LogP contribution in [0.15, 0.2) is 18.2 Å². The second-order valence-corrected chi connectivity index (χ2v) is 4.02. The Morgan fingerprint density at radius 3 is 2.89 bits per heavy atom. The number of anilines is 1. The van der Waals surface area contributed by atoms with Crippen molar-refractivity contribution in [1.29, 1.82) is 0 Å². The number of nitrogens with one attached hydrogen (secondary N) is 2. The van der Waals surface area contributed by atoms with E-state index in [9.17, 15) is 14.0 Å². The third kappa shape index (κ3) is 3.07. The number of ether oxygens (including phenoxy) is 1. The number of halogens is 1. The molecule has 19 heavy (non-hydrogen) atoms. The minimum Gasteiger partial charge on any atom is -0.478 e. The van der Waals surface area contributed by atoms with Gasteiger partial charge in [-0.05, 0) is 12.1 Å². The Hall–Kier alpha value is -1.99. The van der Waals surface area contributed by atoms with E-state index in [1.54, 1.807) is 0 Å². The molecule has 0 aliphatic carbocycles. The largest absolute Gasteiger partial charge is 0.478 e. The molecular weight excluding hydrogens is 255 g/mol. The van der Waals surface area contributed by atoms with Gasteiger partial charge in [-0.3, -0.25) is 4.79 Å². The van der Waals surface area contributed by atoms with Gasteiger partial charge in [0.05, 0.1) is 12.3 Å². The summed E-state index contributed by atoms with van der Waals surface area (Å²) in [6.45, 7) is 1.39. The molecule has 1 fully saturated rings. The van der Waals surface area contributed by atoms with Gasteiger partial charge in [0.15, 0.2) is 0 Å². The highest BCUT2D eigenvalue weighted by Gasteiger charge is 2.24. The maximum Gasteiger partial charge on any atom is 0.340 e. The first-order valence-electron chi connectivity index (χ1n) is 5.74. The number of carbonyl (C=O) groups excluding carboxylic acids is 1. The summed E-state index contributed by atoms with van der Waals surface area (Å²) in [7, 11) is 0. The Morgan fingerprint density at radius 2 is 2.26 bits per heavy atom. The van der Waals surface area contributed by atoms with Crippen LogP contribution in [-0.4, -0.2) is 42.8 Å². The molecule has 6 nitrogen and oxygen atoms in total. The highest BCUT2D eigenvalue weighted by atomic mass is 19.1. The SMILES string of the molecule is O=C(O)c1c(F)cccc1NC(=O)C1CNCCO1. The van der Waals surface area contributed by atoms with E-state index in [1.165, 1.54) is 12.1 Å². The first-order valence-corrected chi connectivity index (χ1v) is 5.74. The molecule has 102 valence electrons. The number of carboxylic acid groups (broad SMARTS) is 1. The molecule has 1 atom stereocenters. The van der Waals surface area contributed by atoms with Crippen molar-refractivity contribution in [2.24, 2.45) is 0 Å². The zero-order valence-corrected chi connectivity index (χ0v) is 9.98. The quantitative estimate of drug-likeness (QED) is 0.741. The van der Waals surface area contributed by atoms with Gasteiger partial charge in [0.25, 0.3) is 5.91 Å². The van der Waals surface area contributed by atoms with Crippen molar-refractivity contribution < 1.29 is 23.8 Å². The Morgan fingerprint density at radius 1 is 1.47 bits per heavy atom. The molecule has 0 aromatic heterocycles. The van der Waals surface area contributed by atoms with Crippen LogP contribution < -0.4 is 10.6 Å². The molecular formula is C12H13FN2O4. The smallest absolute Gasteiger partial charge is 0.340 e. The van der Waals surface area contributed by atoms with Crippen molar-refractivity contribution in [2.45, 2.75) is 6.10 Å². The number of rotatable bonds is 3. The number of amides is 1. The molecule has 0 spiro atoms. The normalized spacial score (nSPS) is 18.9. The average molecular weight is 268 g/mol. The van der Waals surface area contributed by atoms with Crippen LogP contribution in [0.25, 0.3) is 0 Å². The summed E-state index contributed by atoms with van der Waals surface area (Å²) in [6, 6.07) is 3.69. The Balaban J connectivity index is 2.16. The summed E-state index contributed by atoms with van der Waals surface area (Å²) in [5.74, 6) is -2.83. The summed E-state index contributed by atoms with van der Waals surface area (Å²) >= 11 is 0. The Kier molecular flexibility index (Phi) is 4.08. The predicted octanol–water partition coefficient (Wildman–Crippen LogP) is 0.451. The van der Waals surface area contributed by atoms with Crippen LogP contribution >= 0.6 is 0 Å². The van der Waals surface area contributed by atoms with Gasteiger partial charge in [-0.2, -0.15) is 0 Å². The van der Waals surface area contributed by atoms with Crippen LogP contribution in [0.1, 0.15) is 10.4 Å². The van der Waals surface area contributed by atoms with E-state index in [4.69, 9.17) is 9.84 Å². The number of aromatic carboxylic acids is 1. The molecule has 1 aliphatic heterocycles. The Bertz CT molecular complexity index is 501. The summed E-state index contributed by atoms with van der Waals surface area (Å²) in [6.07, 6.45) is -0.710. The van der Waals surface area contributed by atoms with Gasteiger partial charge in [0.2, 0.25) is 0 Å². The monoisotopic (exact) mass is 268 g/mol. The van der Waals surface area contributed by atoms with Crippen molar-refractivity contribution >= 4 is 17.6 Å². The van der Waals surface area contributed by atoms with Gasteiger partial charge >= 0.3 is 5.97 Å². The lowest BCUT2D eigenvalue weighted by Gasteiger charge is -2.23. The fourth-order valence-corrected chi connectivity index (χ4v) is 1.79. The minimum atomic E-state index is -1.43. The molecule has 1 saturated heterocycles. The molecule has 1 amide bonds. The fraction of sp³-hybridized carbons (Fsp3) is 0.333. The van der Waals surface area contributed by atoms with Gasteiger partial charge < -0.3 is 20.5 Å². The topological polar surface area (TPSA) is 87.7 Å². The maximum absolute atomic E-state index is 13.4. The zero-order chi connectivity index (χ0) is 13.8. The van der Waals surface area contributed by atoms with Crippen molar-refractivity contribution in [3.05, 3.63) is 29.6 Å². The Labute approximate surface area is 108 Å². The van der Waals surface area contributed by atoms with Crippen LogP contribution in [0.4, 0.5) is 10.1 Å². The average Bonchev–Trinajstić information content (AvgIpc) is 2.39. The minimum absolute atomic E-state index is 0.0772. The van der Waals surface area contributed by atoms with Crippen LogP contribution in [0.5, 0.6) is 0 Å². The van der Waals surface area contributed by atoms with Gasteiger partial charge in [0, 0.05) is 13.1 Å². The van der Waals surface area contributed by atoms with Crippen molar-refractivity contribution in [1.82, 2.24) is 5.32 Å². The number of hydrogen-bond acceptors (Lipinski definition) is 4. The van der Waals surface area contributed by atoms with E-state index in [0.717, 1.165) is 6.07 Å². The highest BCUT2D eigenvalue weighted by molar-refractivity contribution is 6.02. The van der Waals surface area contributed by atoms with E-state index >= 15 is 0 Å². The first kappa shape index (κ1) is 13.4. The number of benzene rings is 1. The van der Waals surface area contributed by atoms with Crippen LogP contribution in [0, 0.1) is 5.82 Å². The number of carboxylic acids is 1. The second kappa shape index (κ2) is 5.77. The van der Waals surface area contributed by atoms with E-state index in [1.807, 2.05) is 0 Å². The molecule has 0 bridgehead atoms. The van der Waals surface area contributed by atoms with Gasteiger partial charge in [-0.1, -0.05) is 6.07 Å². The number of hydrogen-bond donors (Lipinski definition) is 3. The molecule has 1 heterocycles. The number of morpholine rings is 1. The molecule has 1 aliphatic rings. The summed E-state index contributed by atoms with van der Waals surface area (Å²) in [5, 5.41) is 14.3. The predicted molar refractivity (Wildman–Crippen MR) is 64.6 cm³/mol. The summed E-state index contributed by atoms with van der Waals surface area (Å²) < 4.78 is 18.6. The molecule has 1 aromatic rings. The van der Waals surface area contributed by atoms with E-state index in [0.29, 0.717) is 19.7 Å². The van der Waals surface area contributed by atoms with Crippen LogP contribution in [0.3, 0.4) is 0 Å². The number of carbonyl (C=O) groups is 2. The molecule has 1 unspecified atom stereocenters. The fourth-order valence-electron chi connectivity index (χ4n) is 1.79. The molecule has 2 rings (SSSR count). The van der Waals surface area contributed by atoms with Crippen molar-refractivity contribution in [3.8, 4) is 0 Å². The van der Waals surface area contributed by atoms with E-state index in [-0.39, 0.29) is 5.69 Å². The third-order valence-electron chi connectivity index (χ3n) is 2.71. The molecule has 3 N–H and O–H groups in total. The van der Waals surface area contributed by atoms with E-state index < -0.39 is 29.4 Å². The lowest BCUT2D eigenvalue weighted by atomic mass is 10.1. The van der Waals surface area contributed by atoms with Gasteiger partial charge in [0.1, 0.15) is 17.5 Å². The standard InChI is InChI=1S/C12H13FN2O4/c13-7-2-1-3-8(10(7)12(17)18)15-11(16)9-6-14-4-5-19-9/h1-3,9,14H,4-6H2,(H,15,16)(H,17,18). The van der Waals surface area contributed by atoms with E-state index in [2.05, 4.69) is 10.6 Å². The zero-order valence-electron chi connectivity index (χ0n) is 9.98. The third-order valence-corrected chi connectivity index (χ3v) is 2.71. The lowest BCUT2D eigenvalue weighted by molar-refractivity contribution is -0.128. The van der Waals surface area contributed by atoms with Crippen molar-refractivity contribution in [3.63, 3.8) is 0 Å². The lowest BCUT2D eigenvalue weighted by Crippen LogP contribution is -2.45.